The van der Waals surface area contributed by atoms with Crippen molar-refractivity contribution in [3.05, 3.63) is 41.3 Å². The number of hydrogen-bond donors (Lipinski definition) is 2. The first-order valence-corrected chi connectivity index (χ1v) is 8.87. The standard InChI is InChI=1S/C16H23NO3S/c1-14-7-10-16(13-18,11-8-14)17-21(19,20)12-9-15-5-3-2-4-6-15/h2-6,9,12,14,17-18H,7-8,10-11,13H2,1H3. The molecule has 1 aliphatic carbocycles. The second-order valence-corrected chi connectivity index (χ2v) is 7.55. The Balaban J connectivity index is 2.07. The number of nitrogens with one attached hydrogen (secondary N) is 1. The molecule has 0 aliphatic heterocycles. The minimum atomic E-state index is -3.56. The molecule has 0 unspecified atom stereocenters. The Morgan fingerprint density at radius 1 is 1.29 bits per heavy atom. The molecule has 0 aromatic heterocycles. The number of rotatable bonds is 5. The van der Waals surface area contributed by atoms with E-state index in [0.717, 1.165) is 18.4 Å². The third-order valence-corrected chi connectivity index (χ3v) is 5.34. The summed E-state index contributed by atoms with van der Waals surface area (Å²) in [6, 6.07) is 9.29. The average molecular weight is 309 g/mol. The van der Waals surface area contributed by atoms with E-state index in [-0.39, 0.29) is 6.61 Å². The highest BCUT2D eigenvalue weighted by Gasteiger charge is 2.36. The monoisotopic (exact) mass is 309 g/mol. The van der Waals surface area contributed by atoms with Crippen LogP contribution in [0.1, 0.15) is 38.2 Å². The van der Waals surface area contributed by atoms with Crippen LogP contribution in [0.4, 0.5) is 0 Å². The zero-order valence-corrected chi connectivity index (χ0v) is 13.1. The lowest BCUT2D eigenvalue weighted by atomic mass is 9.78. The molecule has 0 saturated heterocycles. The fourth-order valence-electron chi connectivity index (χ4n) is 2.68. The molecule has 0 bridgehead atoms. The molecule has 1 saturated carbocycles. The summed E-state index contributed by atoms with van der Waals surface area (Å²) < 4.78 is 27.1. The van der Waals surface area contributed by atoms with Crippen LogP contribution in [0.15, 0.2) is 35.7 Å². The van der Waals surface area contributed by atoms with E-state index in [1.807, 2.05) is 30.3 Å². The molecule has 0 amide bonds. The zero-order valence-electron chi connectivity index (χ0n) is 12.3. The van der Waals surface area contributed by atoms with Gasteiger partial charge in [-0.05, 0) is 43.2 Å². The zero-order chi connectivity index (χ0) is 15.3. The van der Waals surface area contributed by atoms with Crippen molar-refractivity contribution in [3.63, 3.8) is 0 Å². The molecule has 116 valence electrons. The summed E-state index contributed by atoms with van der Waals surface area (Å²) in [5, 5.41) is 10.8. The Bertz CT molecular complexity index is 573. The lowest BCUT2D eigenvalue weighted by Crippen LogP contribution is -2.52. The van der Waals surface area contributed by atoms with Crippen LogP contribution in [-0.2, 0) is 10.0 Å². The van der Waals surface area contributed by atoms with Crippen LogP contribution in [0.25, 0.3) is 6.08 Å². The molecular formula is C16H23NO3S. The van der Waals surface area contributed by atoms with E-state index >= 15 is 0 Å². The van der Waals surface area contributed by atoms with Crippen LogP contribution >= 0.6 is 0 Å². The third-order valence-electron chi connectivity index (χ3n) is 4.13. The van der Waals surface area contributed by atoms with Crippen molar-refractivity contribution in [1.82, 2.24) is 4.72 Å². The number of aliphatic hydroxyl groups is 1. The molecule has 5 heteroatoms. The van der Waals surface area contributed by atoms with Gasteiger partial charge >= 0.3 is 0 Å². The van der Waals surface area contributed by atoms with Crippen LogP contribution in [0.2, 0.25) is 0 Å². The van der Waals surface area contributed by atoms with E-state index in [9.17, 15) is 13.5 Å². The molecule has 1 aromatic carbocycles. The molecule has 1 aliphatic rings. The molecule has 2 N–H and O–H groups in total. The third kappa shape index (κ3) is 4.66. The van der Waals surface area contributed by atoms with Gasteiger partial charge in [-0.15, -0.1) is 0 Å². The Morgan fingerprint density at radius 3 is 2.48 bits per heavy atom. The average Bonchev–Trinajstić information content (AvgIpc) is 2.49. The maximum Gasteiger partial charge on any atom is 0.234 e. The lowest BCUT2D eigenvalue weighted by molar-refractivity contribution is 0.126. The number of hydrogen-bond acceptors (Lipinski definition) is 3. The van der Waals surface area contributed by atoms with E-state index in [1.165, 1.54) is 5.41 Å². The smallest absolute Gasteiger partial charge is 0.234 e. The minimum absolute atomic E-state index is 0.155. The lowest BCUT2D eigenvalue weighted by Gasteiger charge is -2.37. The fraction of sp³-hybridized carbons (Fsp3) is 0.500. The number of aliphatic hydroxyl groups excluding tert-OH is 1. The maximum atomic E-state index is 12.2. The van der Waals surface area contributed by atoms with Crippen LogP contribution in [0.5, 0.6) is 0 Å². The Morgan fingerprint density at radius 2 is 1.90 bits per heavy atom. The molecule has 0 heterocycles. The number of benzene rings is 1. The van der Waals surface area contributed by atoms with Gasteiger partial charge in [-0.1, -0.05) is 37.3 Å². The van der Waals surface area contributed by atoms with Gasteiger partial charge in [0.15, 0.2) is 0 Å². The Kier molecular flexibility index (Phi) is 5.19. The van der Waals surface area contributed by atoms with E-state index in [2.05, 4.69) is 11.6 Å². The number of sulfonamides is 1. The highest BCUT2D eigenvalue weighted by molar-refractivity contribution is 7.92. The SMILES string of the molecule is CC1CCC(CO)(NS(=O)(=O)C=Cc2ccccc2)CC1. The quantitative estimate of drug-likeness (QED) is 0.878. The summed E-state index contributed by atoms with van der Waals surface area (Å²) in [6.07, 6.45) is 4.81. The van der Waals surface area contributed by atoms with Crippen molar-refractivity contribution in [3.8, 4) is 0 Å². The van der Waals surface area contributed by atoms with Crippen molar-refractivity contribution in [2.24, 2.45) is 5.92 Å². The Labute approximate surface area is 126 Å². The molecule has 2 rings (SSSR count). The van der Waals surface area contributed by atoms with E-state index in [0.29, 0.717) is 18.8 Å². The highest BCUT2D eigenvalue weighted by atomic mass is 32.2. The van der Waals surface area contributed by atoms with Gasteiger partial charge in [-0.2, -0.15) is 0 Å². The van der Waals surface area contributed by atoms with Gasteiger partial charge in [0, 0.05) is 5.41 Å². The van der Waals surface area contributed by atoms with Crippen LogP contribution in [0, 0.1) is 5.92 Å². The van der Waals surface area contributed by atoms with Crippen LogP contribution < -0.4 is 4.72 Å². The summed E-state index contributed by atoms with van der Waals surface area (Å²) in [4.78, 5) is 0. The second-order valence-electron chi connectivity index (χ2n) is 5.98. The first-order valence-electron chi connectivity index (χ1n) is 7.33. The van der Waals surface area contributed by atoms with Crippen molar-refractivity contribution >= 4 is 16.1 Å². The molecule has 21 heavy (non-hydrogen) atoms. The van der Waals surface area contributed by atoms with Gasteiger partial charge in [0.25, 0.3) is 0 Å². The summed E-state index contributed by atoms with van der Waals surface area (Å²) in [5.41, 5.74) is 0.130. The second kappa shape index (κ2) is 6.73. The first-order chi connectivity index (χ1) is 9.95. The molecule has 4 nitrogen and oxygen atoms in total. The fourth-order valence-corrected chi connectivity index (χ4v) is 3.95. The van der Waals surface area contributed by atoms with E-state index in [1.54, 1.807) is 6.08 Å². The summed E-state index contributed by atoms with van der Waals surface area (Å²) in [7, 11) is -3.56. The van der Waals surface area contributed by atoms with Gasteiger partial charge in [-0.25, -0.2) is 13.1 Å². The molecule has 0 spiro atoms. The minimum Gasteiger partial charge on any atom is -0.394 e. The van der Waals surface area contributed by atoms with Crippen LogP contribution in [-0.4, -0.2) is 25.7 Å². The van der Waals surface area contributed by atoms with Gasteiger partial charge in [0.2, 0.25) is 10.0 Å². The molecule has 0 atom stereocenters. The predicted octanol–water partition coefficient (Wildman–Crippen LogP) is 2.52. The molecule has 0 radical (unpaired) electrons. The van der Waals surface area contributed by atoms with Gasteiger partial charge in [-0.3, -0.25) is 0 Å². The largest absolute Gasteiger partial charge is 0.394 e. The summed E-state index contributed by atoms with van der Waals surface area (Å²) in [5.74, 6) is 0.592. The van der Waals surface area contributed by atoms with Crippen LogP contribution in [0.3, 0.4) is 0 Å². The van der Waals surface area contributed by atoms with Crippen molar-refractivity contribution in [1.29, 1.82) is 0 Å². The van der Waals surface area contributed by atoms with Crippen molar-refractivity contribution in [2.75, 3.05) is 6.61 Å². The predicted molar refractivity (Wildman–Crippen MR) is 85.0 cm³/mol. The molecule has 1 aromatic rings. The Hall–Kier alpha value is -1.17. The first kappa shape index (κ1) is 16.2. The normalized spacial score (nSPS) is 27.0. The van der Waals surface area contributed by atoms with Gasteiger partial charge in [0.1, 0.15) is 0 Å². The van der Waals surface area contributed by atoms with E-state index < -0.39 is 15.6 Å². The topological polar surface area (TPSA) is 66.4 Å². The molecule has 1 fully saturated rings. The highest BCUT2D eigenvalue weighted by Crippen LogP contribution is 2.32. The van der Waals surface area contributed by atoms with Crippen molar-refractivity contribution < 1.29 is 13.5 Å². The summed E-state index contributed by atoms with van der Waals surface area (Å²) >= 11 is 0. The molecular weight excluding hydrogens is 286 g/mol. The van der Waals surface area contributed by atoms with Crippen molar-refractivity contribution in [2.45, 2.75) is 38.1 Å². The maximum absolute atomic E-state index is 12.2. The van der Waals surface area contributed by atoms with E-state index in [4.69, 9.17) is 0 Å². The van der Waals surface area contributed by atoms with Gasteiger partial charge < -0.3 is 5.11 Å². The van der Waals surface area contributed by atoms with Gasteiger partial charge in [0.05, 0.1) is 12.1 Å². The summed E-state index contributed by atoms with van der Waals surface area (Å²) in [6.45, 7) is 2.00.